The highest BCUT2D eigenvalue weighted by molar-refractivity contribution is 5.54. The summed E-state index contributed by atoms with van der Waals surface area (Å²) in [7, 11) is 0. The SMILES string of the molecule is CC1(C)C2CCC1(C)C(NCc1ccccc1N1CCOCC1)C2. The van der Waals surface area contributed by atoms with Crippen LogP contribution in [0.2, 0.25) is 0 Å². The molecule has 3 fully saturated rings. The summed E-state index contributed by atoms with van der Waals surface area (Å²) in [4.78, 5) is 2.48. The molecule has 0 spiro atoms. The van der Waals surface area contributed by atoms with Gasteiger partial charge < -0.3 is 15.0 Å². The van der Waals surface area contributed by atoms with E-state index in [1.807, 2.05) is 0 Å². The molecule has 1 aromatic carbocycles. The predicted octanol–water partition coefficient (Wildman–Crippen LogP) is 3.83. The second-order valence-corrected chi connectivity index (χ2v) is 8.77. The number of morpholine rings is 1. The van der Waals surface area contributed by atoms with Crippen LogP contribution in [-0.2, 0) is 11.3 Å². The lowest BCUT2D eigenvalue weighted by atomic mass is 9.69. The van der Waals surface area contributed by atoms with Gasteiger partial charge in [0.05, 0.1) is 13.2 Å². The lowest BCUT2D eigenvalue weighted by Gasteiger charge is -2.40. The van der Waals surface area contributed by atoms with Crippen LogP contribution in [0.4, 0.5) is 5.69 Å². The molecule has 3 atom stereocenters. The first-order chi connectivity index (χ1) is 11.5. The van der Waals surface area contributed by atoms with Gasteiger partial charge in [-0.2, -0.15) is 0 Å². The number of nitrogens with one attached hydrogen (secondary N) is 1. The van der Waals surface area contributed by atoms with Crippen molar-refractivity contribution in [2.24, 2.45) is 16.7 Å². The molecule has 24 heavy (non-hydrogen) atoms. The van der Waals surface area contributed by atoms with Gasteiger partial charge in [0.15, 0.2) is 0 Å². The molecule has 1 N–H and O–H groups in total. The first-order valence-electron chi connectivity index (χ1n) is 9.66. The smallest absolute Gasteiger partial charge is 0.0642 e. The largest absolute Gasteiger partial charge is 0.378 e. The van der Waals surface area contributed by atoms with Crippen molar-refractivity contribution in [2.75, 3.05) is 31.2 Å². The topological polar surface area (TPSA) is 24.5 Å². The van der Waals surface area contributed by atoms with Crippen molar-refractivity contribution in [3.63, 3.8) is 0 Å². The molecular weight excluding hydrogens is 296 g/mol. The van der Waals surface area contributed by atoms with Gasteiger partial charge in [-0.1, -0.05) is 39.0 Å². The molecule has 1 saturated heterocycles. The average Bonchev–Trinajstić information content (AvgIpc) is 2.94. The molecule has 4 rings (SSSR count). The fraction of sp³-hybridized carbons (Fsp3) is 0.714. The highest BCUT2D eigenvalue weighted by atomic mass is 16.5. The lowest BCUT2D eigenvalue weighted by molar-refractivity contribution is 0.120. The van der Waals surface area contributed by atoms with Crippen LogP contribution in [-0.4, -0.2) is 32.3 Å². The highest BCUT2D eigenvalue weighted by Gasteiger charge is 2.60. The number of rotatable bonds is 4. The molecule has 0 radical (unpaired) electrons. The van der Waals surface area contributed by atoms with Crippen LogP contribution in [0.15, 0.2) is 24.3 Å². The number of fused-ring (bicyclic) bond motifs is 2. The van der Waals surface area contributed by atoms with Crippen molar-refractivity contribution < 1.29 is 4.74 Å². The van der Waals surface area contributed by atoms with Crippen LogP contribution >= 0.6 is 0 Å². The summed E-state index contributed by atoms with van der Waals surface area (Å²) in [6, 6.07) is 9.56. The molecule has 0 aromatic heterocycles. The molecule has 1 aliphatic heterocycles. The van der Waals surface area contributed by atoms with Gasteiger partial charge in [-0.3, -0.25) is 0 Å². The maximum absolute atomic E-state index is 5.51. The van der Waals surface area contributed by atoms with Crippen molar-refractivity contribution in [3.8, 4) is 0 Å². The van der Waals surface area contributed by atoms with Gasteiger partial charge in [0.2, 0.25) is 0 Å². The van der Waals surface area contributed by atoms with Crippen LogP contribution in [0, 0.1) is 16.7 Å². The predicted molar refractivity (Wildman–Crippen MR) is 99.3 cm³/mol. The Bertz CT molecular complexity index is 593. The van der Waals surface area contributed by atoms with Crippen molar-refractivity contribution in [1.29, 1.82) is 0 Å². The second kappa shape index (κ2) is 6.03. The number of nitrogens with zero attached hydrogens (tertiary/aromatic N) is 1. The normalized spacial score (nSPS) is 34.7. The van der Waals surface area contributed by atoms with E-state index in [4.69, 9.17) is 4.74 Å². The fourth-order valence-corrected chi connectivity index (χ4v) is 5.52. The van der Waals surface area contributed by atoms with Gasteiger partial charge in [0.1, 0.15) is 0 Å². The number of hydrogen-bond acceptors (Lipinski definition) is 3. The van der Waals surface area contributed by atoms with Crippen LogP contribution in [0.1, 0.15) is 45.6 Å². The minimum Gasteiger partial charge on any atom is -0.378 e. The molecular formula is C21H32N2O. The van der Waals surface area contributed by atoms with E-state index in [2.05, 4.69) is 55.3 Å². The Morgan fingerprint density at radius 1 is 1.17 bits per heavy atom. The number of para-hydroxylation sites is 1. The minimum absolute atomic E-state index is 0.450. The zero-order valence-electron chi connectivity index (χ0n) is 15.5. The number of benzene rings is 1. The summed E-state index contributed by atoms with van der Waals surface area (Å²) in [5.41, 5.74) is 3.75. The summed E-state index contributed by atoms with van der Waals surface area (Å²) in [5.74, 6) is 0.898. The van der Waals surface area contributed by atoms with Crippen molar-refractivity contribution in [1.82, 2.24) is 5.32 Å². The van der Waals surface area contributed by atoms with Crippen LogP contribution in [0.25, 0.3) is 0 Å². The number of ether oxygens (including phenoxy) is 1. The molecule has 3 heteroatoms. The molecule has 3 aliphatic rings. The van der Waals surface area contributed by atoms with Gasteiger partial charge >= 0.3 is 0 Å². The third kappa shape index (κ3) is 2.48. The Labute approximate surface area is 146 Å². The molecule has 0 amide bonds. The first kappa shape index (κ1) is 16.4. The number of anilines is 1. The monoisotopic (exact) mass is 328 g/mol. The van der Waals surface area contributed by atoms with E-state index < -0.39 is 0 Å². The van der Waals surface area contributed by atoms with E-state index in [0.717, 1.165) is 38.8 Å². The standard InChI is InChI=1S/C21H32N2O/c1-20(2)17-8-9-21(20,3)19(14-17)22-15-16-6-4-5-7-18(16)23-10-12-24-13-11-23/h4-7,17,19,22H,8-15H2,1-3H3. The molecule has 1 aromatic rings. The van der Waals surface area contributed by atoms with E-state index in [9.17, 15) is 0 Å². The first-order valence-corrected chi connectivity index (χ1v) is 9.66. The molecule has 2 bridgehead atoms. The third-order valence-electron chi connectivity index (χ3n) is 7.68. The molecule has 2 aliphatic carbocycles. The van der Waals surface area contributed by atoms with E-state index in [1.54, 1.807) is 0 Å². The number of hydrogen-bond donors (Lipinski definition) is 1. The molecule has 3 nitrogen and oxygen atoms in total. The summed E-state index contributed by atoms with van der Waals surface area (Å²) >= 11 is 0. The van der Waals surface area contributed by atoms with Crippen molar-refractivity contribution in [3.05, 3.63) is 29.8 Å². The van der Waals surface area contributed by atoms with E-state index in [0.29, 0.717) is 16.9 Å². The zero-order valence-corrected chi connectivity index (χ0v) is 15.5. The lowest BCUT2D eigenvalue weighted by Crippen LogP contribution is -2.44. The Morgan fingerprint density at radius 3 is 2.58 bits per heavy atom. The van der Waals surface area contributed by atoms with E-state index >= 15 is 0 Å². The molecule has 132 valence electrons. The molecule has 2 saturated carbocycles. The van der Waals surface area contributed by atoms with Crippen LogP contribution in [0.3, 0.4) is 0 Å². The molecule has 1 heterocycles. The van der Waals surface area contributed by atoms with Crippen LogP contribution < -0.4 is 10.2 Å². The third-order valence-corrected chi connectivity index (χ3v) is 7.68. The maximum atomic E-state index is 5.51. The van der Waals surface area contributed by atoms with Crippen molar-refractivity contribution in [2.45, 2.75) is 52.6 Å². The Kier molecular flexibility index (Phi) is 4.12. The van der Waals surface area contributed by atoms with Gasteiger partial charge in [-0.15, -0.1) is 0 Å². The van der Waals surface area contributed by atoms with E-state index in [-0.39, 0.29) is 0 Å². The van der Waals surface area contributed by atoms with Gasteiger partial charge in [0.25, 0.3) is 0 Å². The van der Waals surface area contributed by atoms with Gasteiger partial charge in [0, 0.05) is 31.4 Å². The summed E-state index contributed by atoms with van der Waals surface area (Å²) in [6.07, 6.45) is 4.16. The van der Waals surface area contributed by atoms with E-state index in [1.165, 1.54) is 30.5 Å². The minimum atomic E-state index is 0.450. The zero-order chi connectivity index (χ0) is 16.8. The van der Waals surface area contributed by atoms with Gasteiger partial charge in [-0.25, -0.2) is 0 Å². The summed E-state index contributed by atoms with van der Waals surface area (Å²) in [5, 5.41) is 3.95. The van der Waals surface area contributed by atoms with Crippen molar-refractivity contribution >= 4 is 5.69 Å². The Hall–Kier alpha value is -1.06. The highest BCUT2D eigenvalue weighted by Crippen LogP contribution is 2.65. The quantitative estimate of drug-likeness (QED) is 0.909. The Balaban J connectivity index is 1.47. The molecule has 3 unspecified atom stereocenters. The second-order valence-electron chi connectivity index (χ2n) is 8.77. The average molecular weight is 329 g/mol. The van der Waals surface area contributed by atoms with Crippen LogP contribution in [0.5, 0.6) is 0 Å². The fourth-order valence-electron chi connectivity index (χ4n) is 5.52. The van der Waals surface area contributed by atoms with Gasteiger partial charge in [-0.05, 0) is 47.6 Å². The summed E-state index contributed by atoms with van der Waals surface area (Å²) in [6.45, 7) is 12.2. The summed E-state index contributed by atoms with van der Waals surface area (Å²) < 4.78 is 5.51. The maximum Gasteiger partial charge on any atom is 0.0642 e. The Morgan fingerprint density at radius 2 is 1.92 bits per heavy atom.